The summed E-state index contributed by atoms with van der Waals surface area (Å²) in [7, 11) is 0. The lowest BCUT2D eigenvalue weighted by atomic mass is 10.1. The number of carbonyl (C=O) groups is 1. The Morgan fingerprint density at radius 1 is 1.33 bits per heavy atom. The molecule has 1 amide bonds. The zero-order valence-electron chi connectivity index (χ0n) is 11.5. The molecule has 18 heavy (non-hydrogen) atoms. The molecule has 0 spiro atoms. The third kappa shape index (κ3) is 4.25. The Morgan fingerprint density at radius 2 is 2.00 bits per heavy atom. The first-order valence-electron chi connectivity index (χ1n) is 7.33. The van der Waals surface area contributed by atoms with Gasteiger partial charge >= 0.3 is 0 Å². The largest absolute Gasteiger partial charge is 0.379 e. The van der Waals surface area contributed by atoms with Gasteiger partial charge in [-0.1, -0.05) is 19.8 Å². The lowest BCUT2D eigenvalue weighted by Crippen LogP contribution is -2.42. The molecule has 2 rings (SSSR count). The van der Waals surface area contributed by atoms with Crippen LogP contribution in [0.25, 0.3) is 0 Å². The van der Waals surface area contributed by atoms with E-state index in [4.69, 9.17) is 4.74 Å². The lowest BCUT2D eigenvalue weighted by Gasteiger charge is -2.29. The van der Waals surface area contributed by atoms with Gasteiger partial charge in [0.2, 0.25) is 5.91 Å². The molecular weight excluding hydrogens is 228 g/mol. The van der Waals surface area contributed by atoms with Crippen LogP contribution in [0.15, 0.2) is 0 Å². The van der Waals surface area contributed by atoms with Gasteiger partial charge in [0.05, 0.1) is 13.2 Å². The van der Waals surface area contributed by atoms with E-state index in [0.29, 0.717) is 11.8 Å². The Morgan fingerprint density at radius 3 is 2.67 bits per heavy atom. The zero-order valence-corrected chi connectivity index (χ0v) is 11.5. The molecule has 2 aliphatic rings. The number of hydrogen-bond acceptors (Lipinski definition) is 3. The van der Waals surface area contributed by atoms with E-state index in [1.807, 2.05) is 0 Å². The SMILES string of the molecule is CC(CNC(=O)C1CCCC1)CN1CCOCC1. The minimum absolute atomic E-state index is 0.279. The van der Waals surface area contributed by atoms with Crippen LogP contribution in [0.4, 0.5) is 0 Å². The molecule has 4 nitrogen and oxygen atoms in total. The van der Waals surface area contributed by atoms with Crippen molar-refractivity contribution in [2.75, 3.05) is 39.4 Å². The normalized spacial score (nSPS) is 24.1. The van der Waals surface area contributed by atoms with Crippen LogP contribution < -0.4 is 5.32 Å². The standard InChI is InChI=1S/C14H26N2O2/c1-12(11-16-6-8-18-9-7-16)10-15-14(17)13-4-2-3-5-13/h12-13H,2-11H2,1H3,(H,15,17). The van der Waals surface area contributed by atoms with Crippen LogP contribution in [0.3, 0.4) is 0 Å². The van der Waals surface area contributed by atoms with Gasteiger partial charge in [-0.15, -0.1) is 0 Å². The fourth-order valence-corrected chi connectivity index (χ4v) is 2.90. The Bertz CT molecular complexity index is 259. The van der Waals surface area contributed by atoms with Crippen molar-refractivity contribution in [3.05, 3.63) is 0 Å². The predicted octanol–water partition coefficient (Wildman–Crippen LogP) is 1.26. The highest BCUT2D eigenvalue weighted by Gasteiger charge is 2.23. The van der Waals surface area contributed by atoms with Crippen molar-refractivity contribution < 1.29 is 9.53 Å². The minimum atomic E-state index is 0.279. The summed E-state index contributed by atoms with van der Waals surface area (Å²) in [6.45, 7) is 7.84. The molecule has 1 aliphatic carbocycles. The Labute approximate surface area is 110 Å². The maximum atomic E-state index is 11.9. The van der Waals surface area contributed by atoms with Crippen molar-refractivity contribution in [1.82, 2.24) is 10.2 Å². The summed E-state index contributed by atoms with van der Waals surface area (Å²) in [5.41, 5.74) is 0. The lowest BCUT2D eigenvalue weighted by molar-refractivity contribution is -0.125. The quantitative estimate of drug-likeness (QED) is 0.803. The van der Waals surface area contributed by atoms with Gasteiger partial charge in [0.25, 0.3) is 0 Å². The molecular formula is C14H26N2O2. The van der Waals surface area contributed by atoms with Crippen LogP contribution in [0.5, 0.6) is 0 Å². The van der Waals surface area contributed by atoms with E-state index in [-0.39, 0.29) is 5.91 Å². The van der Waals surface area contributed by atoms with Crippen LogP contribution in [0.1, 0.15) is 32.6 Å². The molecule has 1 unspecified atom stereocenters. The summed E-state index contributed by atoms with van der Waals surface area (Å²) < 4.78 is 5.34. The molecule has 0 aromatic carbocycles. The van der Waals surface area contributed by atoms with Crippen molar-refractivity contribution in [3.8, 4) is 0 Å². The second-order valence-electron chi connectivity index (χ2n) is 5.74. The Kier molecular flexibility index (Phi) is 5.45. The molecule has 0 bridgehead atoms. The topological polar surface area (TPSA) is 41.6 Å². The van der Waals surface area contributed by atoms with Gasteiger partial charge in [0.15, 0.2) is 0 Å². The molecule has 1 N–H and O–H groups in total. The average molecular weight is 254 g/mol. The summed E-state index contributed by atoms with van der Waals surface area (Å²) in [6.07, 6.45) is 4.62. The van der Waals surface area contributed by atoms with Crippen LogP contribution in [0.2, 0.25) is 0 Å². The van der Waals surface area contributed by atoms with Gasteiger partial charge in [0, 0.05) is 32.1 Å². The van der Waals surface area contributed by atoms with E-state index in [0.717, 1.165) is 52.2 Å². The highest BCUT2D eigenvalue weighted by Crippen LogP contribution is 2.24. The smallest absolute Gasteiger partial charge is 0.223 e. The fraction of sp³-hybridized carbons (Fsp3) is 0.929. The number of nitrogens with zero attached hydrogens (tertiary/aromatic N) is 1. The number of carbonyl (C=O) groups excluding carboxylic acids is 1. The van der Waals surface area contributed by atoms with E-state index in [1.165, 1.54) is 12.8 Å². The first kappa shape index (κ1) is 13.8. The van der Waals surface area contributed by atoms with E-state index in [9.17, 15) is 4.79 Å². The molecule has 1 atom stereocenters. The van der Waals surface area contributed by atoms with E-state index >= 15 is 0 Å². The molecule has 0 aromatic heterocycles. The molecule has 1 saturated heterocycles. The van der Waals surface area contributed by atoms with Gasteiger partial charge < -0.3 is 10.1 Å². The maximum absolute atomic E-state index is 11.9. The second kappa shape index (κ2) is 7.10. The van der Waals surface area contributed by atoms with E-state index in [1.54, 1.807) is 0 Å². The van der Waals surface area contributed by atoms with Crippen molar-refractivity contribution in [2.24, 2.45) is 11.8 Å². The number of amides is 1. The first-order chi connectivity index (χ1) is 8.75. The van der Waals surface area contributed by atoms with Crippen LogP contribution in [-0.4, -0.2) is 50.2 Å². The number of ether oxygens (including phenoxy) is 1. The van der Waals surface area contributed by atoms with Gasteiger partial charge in [-0.05, 0) is 18.8 Å². The summed E-state index contributed by atoms with van der Waals surface area (Å²) in [5, 5.41) is 3.12. The number of nitrogens with one attached hydrogen (secondary N) is 1. The van der Waals surface area contributed by atoms with Gasteiger partial charge in [-0.25, -0.2) is 0 Å². The predicted molar refractivity (Wildman–Crippen MR) is 71.4 cm³/mol. The Hall–Kier alpha value is -0.610. The molecule has 104 valence electrons. The molecule has 2 fully saturated rings. The average Bonchev–Trinajstić information content (AvgIpc) is 2.91. The monoisotopic (exact) mass is 254 g/mol. The van der Waals surface area contributed by atoms with Crippen LogP contribution in [-0.2, 0) is 9.53 Å². The highest BCUT2D eigenvalue weighted by atomic mass is 16.5. The number of hydrogen-bond donors (Lipinski definition) is 1. The molecule has 4 heteroatoms. The van der Waals surface area contributed by atoms with E-state index < -0.39 is 0 Å². The third-order valence-electron chi connectivity index (χ3n) is 4.02. The van der Waals surface area contributed by atoms with Crippen molar-refractivity contribution >= 4 is 5.91 Å². The van der Waals surface area contributed by atoms with Gasteiger partial charge in [0.1, 0.15) is 0 Å². The van der Waals surface area contributed by atoms with Crippen LogP contribution in [0, 0.1) is 11.8 Å². The van der Waals surface area contributed by atoms with Crippen molar-refractivity contribution in [2.45, 2.75) is 32.6 Å². The highest BCUT2D eigenvalue weighted by molar-refractivity contribution is 5.78. The summed E-state index contributed by atoms with van der Waals surface area (Å²) in [5.74, 6) is 1.09. The van der Waals surface area contributed by atoms with Gasteiger partial charge in [-0.3, -0.25) is 9.69 Å². The van der Waals surface area contributed by atoms with Gasteiger partial charge in [-0.2, -0.15) is 0 Å². The maximum Gasteiger partial charge on any atom is 0.223 e. The van der Waals surface area contributed by atoms with Crippen molar-refractivity contribution in [3.63, 3.8) is 0 Å². The molecule has 0 radical (unpaired) electrons. The molecule has 1 aliphatic heterocycles. The minimum Gasteiger partial charge on any atom is -0.379 e. The van der Waals surface area contributed by atoms with Crippen LogP contribution >= 0.6 is 0 Å². The van der Waals surface area contributed by atoms with Crippen molar-refractivity contribution in [1.29, 1.82) is 0 Å². The van der Waals surface area contributed by atoms with E-state index in [2.05, 4.69) is 17.1 Å². The molecule has 1 saturated carbocycles. The summed E-state index contributed by atoms with van der Waals surface area (Å²) in [4.78, 5) is 14.3. The zero-order chi connectivity index (χ0) is 12.8. The first-order valence-corrected chi connectivity index (χ1v) is 7.33. The molecule has 1 heterocycles. The Balaban J connectivity index is 1.61. The fourth-order valence-electron chi connectivity index (χ4n) is 2.90. The molecule has 0 aromatic rings. The second-order valence-corrected chi connectivity index (χ2v) is 5.74. The number of rotatable bonds is 5. The number of morpholine rings is 1. The summed E-state index contributed by atoms with van der Waals surface area (Å²) in [6, 6.07) is 0. The third-order valence-corrected chi connectivity index (χ3v) is 4.02. The summed E-state index contributed by atoms with van der Waals surface area (Å²) >= 11 is 0.